The number of hydrogen-bond donors (Lipinski definition) is 2. The minimum Gasteiger partial charge on any atom is -0.488 e. The number of amides is 3. The van der Waals surface area contributed by atoms with Gasteiger partial charge in [-0.25, -0.2) is 14.8 Å². The Morgan fingerprint density at radius 3 is 2.57 bits per heavy atom. The lowest BCUT2D eigenvalue weighted by Gasteiger charge is -2.29. The standard InChI is InChI=1S/C40H57N5O7S/c1-7-50-38(48)28-19-25(28)15-11-9-8-10-12-18-30(44-39(49)52-40(4,5)6)37(47)45-22-26(20-33(45)35(41)46)51-34-21-31(36-43-32(23-53-36)24(2)3)42-29-17-14-13-16-27(29)34/h11,15,21,23-26,28,30,33H,7-10,12-14,16-20,22H2,1-6H3,(H2,41,46)(H,44,49)/b15-11-/t25-,26-,28+,30+,33+/m1/s1. The lowest BCUT2D eigenvalue weighted by atomic mass is 9.95. The number of unbranched alkanes of at least 4 members (excludes halogenated alkanes) is 3. The normalized spacial score (nSPS) is 21.7. The van der Waals surface area contributed by atoms with E-state index >= 15 is 0 Å². The van der Waals surface area contributed by atoms with Gasteiger partial charge < -0.3 is 30.2 Å². The number of carbonyl (C=O) groups is 4. The fraction of sp³-hybridized carbons (Fsp3) is 0.650. The fourth-order valence-corrected chi connectivity index (χ4v) is 7.98. The zero-order chi connectivity index (χ0) is 38.3. The number of aromatic nitrogens is 2. The Balaban J connectivity index is 1.25. The van der Waals surface area contributed by atoms with Crippen LogP contribution in [-0.2, 0) is 36.7 Å². The lowest BCUT2D eigenvalue weighted by molar-refractivity contribution is -0.144. The Labute approximate surface area is 317 Å². The number of hydrogen-bond acceptors (Lipinski definition) is 10. The van der Waals surface area contributed by atoms with Crippen LogP contribution in [0.4, 0.5) is 4.79 Å². The Morgan fingerprint density at radius 2 is 1.87 bits per heavy atom. The maximum absolute atomic E-state index is 14.2. The van der Waals surface area contributed by atoms with E-state index in [1.807, 2.05) is 13.0 Å². The summed E-state index contributed by atoms with van der Waals surface area (Å²) in [6.45, 7) is 11.9. The molecule has 0 bridgehead atoms. The van der Waals surface area contributed by atoms with Crippen LogP contribution >= 0.6 is 11.3 Å². The quantitative estimate of drug-likeness (QED) is 0.109. The van der Waals surface area contributed by atoms with Crippen LogP contribution in [0.3, 0.4) is 0 Å². The minimum atomic E-state index is -0.905. The Morgan fingerprint density at radius 1 is 1.09 bits per heavy atom. The molecule has 0 radical (unpaired) electrons. The summed E-state index contributed by atoms with van der Waals surface area (Å²) in [7, 11) is 0. The molecule has 53 heavy (non-hydrogen) atoms. The number of nitrogens with zero attached hydrogens (tertiary/aromatic N) is 3. The average molecular weight is 752 g/mol. The van der Waals surface area contributed by atoms with E-state index < -0.39 is 35.8 Å². The number of pyridine rings is 1. The number of aryl methyl sites for hydroxylation is 1. The molecule has 13 heteroatoms. The molecule has 12 nitrogen and oxygen atoms in total. The molecule has 2 aromatic heterocycles. The van der Waals surface area contributed by atoms with E-state index in [0.717, 1.165) is 79.0 Å². The molecule has 1 saturated heterocycles. The maximum Gasteiger partial charge on any atom is 0.408 e. The number of ether oxygens (including phenoxy) is 3. The number of nitrogens with one attached hydrogen (secondary N) is 1. The predicted molar refractivity (Wildman–Crippen MR) is 203 cm³/mol. The van der Waals surface area contributed by atoms with Crippen LogP contribution in [0, 0.1) is 11.8 Å². The average Bonchev–Trinajstić information content (AvgIpc) is 3.47. The number of fused-ring (bicyclic) bond motifs is 1. The molecule has 5 atom stereocenters. The molecule has 0 aromatic carbocycles. The number of esters is 1. The largest absolute Gasteiger partial charge is 0.488 e. The SMILES string of the molecule is CCOC(=O)[C@H]1C[C@H]1/C=C\CCCCC[C@H](NC(=O)OC(C)(C)C)C(=O)N1C[C@H](Oc2cc(-c3nc(C(C)C)cs3)nc3c2CCCC3)C[C@H]1C(N)=O. The van der Waals surface area contributed by atoms with Gasteiger partial charge in [0.1, 0.15) is 40.2 Å². The molecule has 2 aliphatic carbocycles. The third-order valence-corrected chi connectivity index (χ3v) is 10.8. The van der Waals surface area contributed by atoms with Crippen LogP contribution in [0.2, 0.25) is 0 Å². The summed E-state index contributed by atoms with van der Waals surface area (Å²) in [6, 6.07) is 0.159. The maximum atomic E-state index is 14.2. The monoisotopic (exact) mass is 751 g/mol. The minimum absolute atomic E-state index is 0.0224. The molecule has 3 amide bonds. The van der Waals surface area contributed by atoms with Crippen molar-refractivity contribution in [1.29, 1.82) is 0 Å². The number of primary amides is 1. The summed E-state index contributed by atoms with van der Waals surface area (Å²) >= 11 is 1.56. The van der Waals surface area contributed by atoms with Gasteiger partial charge in [0.15, 0.2) is 0 Å². The molecule has 3 heterocycles. The smallest absolute Gasteiger partial charge is 0.408 e. The van der Waals surface area contributed by atoms with E-state index in [9.17, 15) is 19.2 Å². The van der Waals surface area contributed by atoms with Gasteiger partial charge in [0.2, 0.25) is 11.8 Å². The van der Waals surface area contributed by atoms with Crippen molar-refractivity contribution in [2.24, 2.45) is 17.6 Å². The van der Waals surface area contributed by atoms with Gasteiger partial charge in [0, 0.05) is 29.1 Å². The van der Waals surface area contributed by atoms with Gasteiger partial charge in [-0.2, -0.15) is 0 Å². The highest BCUT2D eigenvalue weighted by Crippen LogP contribution is 2.41. The number of rotatable bonds is 16. The zero-order valence-corrected chi connectivity index (χ0v) is 33.0. The van der Waals surface area contributed by atoms with Crippen molar-refractivity contribution < 1.29 is 33.4 Å². The molecule has 290 valence electrons. The van der Waals surface area contributed by atoms with Gasteiger partial charge in [-0.1, -0.05) is 38.8 Å². The summed E-state index contributed by atoms with van der Waals surface area (Å²) in [4.78, 5) is 63.1. The number of nitrogens with two attached hydrogens (primary N) is 1. The van der Waals surface area contributed by atoms with Gasteiger partial charge in [0.25, 0.3) is 0 Å². The Kier molecular flexibility index (Phi) is 13.6. The highest BCUT2D eigenvalue weighted by Gasteiger charge is 2.43. The second-order valence-electron chi connectivity index (χ2n) is 15.8. The van der Waals surface area contributed by atoms with E-state index in [0.29, 0.717) is 31.1 Å². The number of alkyl carbamates (subject to hydrolysis) is 1. The molecule has 1 aliphatic heterocycles. The van der Waals surface area contributed by atoms with Crippen LogP contribution in [0.5, 0.6) is 5.75 Å². The molecule has 0 unspecified atom stereocenters. The molecular weight excluding hydrogens is 695 g/mol. The number of likely N-dealkylation sites (tertiary alicyclic amines) is 1. The van der Waals surface area contributed by atoms with Gasteiger partial charge in [0.05, 0.1) is 24.8 Å². The van der Waals surface area contributed by atoms with E-state index in [-0.39, 0.29) is 36.7 Å². The second kappa shape index (κ2) is 17.9. The summed E-state index contributed by atoms with van der Waals surface area (Å²) in [5.74, 6) is 0.123. The third-order valence-electron chi connectivity index (χ3n) is 9.92. The van der Waals surface area contributed by atoms with Crippen LogP contribution in [0.1, 0.15) is 122 Å². The van der Waals surface area contributed by atoms with E-state index in [1.165, 1.54) is 4.90 Å². The third kappa shape index (κ3) is 11.0. The Hall–Kier alpha value is -4.00. The van der Waals surface area contributed by atoms with E-state index in [2.05, 4.69) is 36.7 Å². The highest BCUT2D eigenvalue weighted by molar-refractivity contribution is 7.13. The first kappa shape index (κ1) is 40.2. The number of carbonyl (C=O) groups excluding carboxylic acids is 4. The fourth-order valence-electron chi connectivity index (χ4n) is 7.04. The lowest BCUT2D eigenvalue weighted by Crippen LogP contribution is -2.53. The van der Waals surface area contributed by atoms with Gasteiger partial charge in [-0.05, 0) is 90.9 Å². The Bertz CT molecular complexity index is 1650. The number of thiazole rings is 1. The van der Waals surface area contributed by atoms with Crippen LogP contribution in [-0.4, -0.2) is 75.7 Å². The zero-order valence-electron chi connectivity index (χ0n) is 32.2. The van der Waals surface area contributed by atoms with Gasteiger partial charge in [-0.3, -0.25) is 14.4 Å². The van der Waals surface area contributed by atoms with Crippen LogP contribution in [0.25, 0.3) is 10.7 Å². The molecule has 2 fully saturated rings. The van der Waals surface area contributed by atoms with Gasteiger partial charge in [-0.15, -0.1) is 11.3 Å². The van der Waals surface area contributed by atoms with Crippen molar-refractivity contribution in [2.45, 2.75) is 142 Å². The molecular formula is C40H57N5O7S. The molecule has 5 rings (SSSR count). The molecule has 3 aliphatic rings. The summed E-state index contributed by atoms with van der Waals surface area (Å²) in [5.41, 5.74) is 8.99. The first-order valence-corrected chi connectivity index (χ1v) is 20.2. The van der Waals surface area contributed by atoms with Crippen molar-refractivity contribution in [3.8, 4) is 16.5 Å². The van der Waals surface area contributed by atoms with Crippen molar-refractivity contribution in [3.05, 3.63) is 40.5 Å². The summed E-state index contributed by atoms with van der Waals surface area (Å²) in [5, 5.41) is 5.69. The van der Waals surface area contributed by atoms with Crippen molar-refractivity contribution >= 4 is 35.2 Å². The predicted octanol–water partition coefficient (Wildman–Crippen LogP) is 6.64. The molecule has 3 N–H and O–H groups in total. The van der Waals surface area contributed by atoms with E-state index in [1.54, 1.807) is 32.1 Å². The van der Waals surface area contributed by atoms with Crippen molar-refractivity contribution in [2.75, 3.05) is 13.2 Å². The first-order valence-electron chi connectivity index (χ1n) is 19.3. The van der Waals surface area contributed by atoms with Crippen LogP contribution < -0.4 is 15.8 Å². The topological polar surface area (TPSA) is 163 Å². The highest BCUT2D eigenvalue weighted by atomic mass is 32.1. The van der Waals surface area contributed by atoms with E-state index in [4.69, 9.17) is 29.9 Å². The summed E-state index contributed by atoms with van der Waals surface area (Å²) in [6.07, 6.45) is 11.5. The molecule has 1 saturated carbocycles. The van der Waals surface area contributed by atoms with Gasteiger partial charge >= 0.3 is 12.1 Å². The second-order valence-corrected chi connectivity index (χ2v) is 16.6. The van der Waals surface area contributed by atoms with Crippen LogP contribution in [0.15, 0.2) is 23.6 Å². The number of allylic oxidation sites excluding steroid dienone is 2. The molecule has 2 aromatic rings. The molecule has 0 spiro atoms. The van der Waals surface area contributed by atoms with Crippen molar-refractivity contribution in [1.82, 2.24) is 20.2 Å². The first-order chi connectivity index (χ1) is 25.2. The van der Waals surface area contributed by atoms with Crippen molar-refractivity contribution in [3.63, 3.8) is 0 Å². The summed E-state index contributed by atoms with van der Waals surface area (Å²) < 4.78 is 17.3.